The highest BCUT2D eigenvalue weighted by atomic mass is 79.9. The highest BCUT2D eigenvalue weighted by molar-refractivity contribution is 9.10. The van der Waals surface area contributed by atoms with Crippen LogP contribution >= 0.6 is 27.5 Å². The van der Waals surface area contributed by atoms with Crippen LogP contribution in [0.25, 0.3) is 22.6 Å². The van der Waals surface area contributed by atoms with Gasteiger partial charge in [0.1, 0.15) is 5.52 Å². The molecule has 6 heteroatoms. The van der Waals surface area contributed by atoms with E-state index in [0.717, 1.165) is 10.0 Å². The van der Waals surface area contributed by atoms with Gasteiger partial charge in [0.25, 0.3) is 5.91 Å². The quantitative estimate of drug-likeness (QED) is 0.426. The van der Waals surface area contributed by atoms with Gasteiger partial charge < -0.3 is 9.73 Å². The van der Waals surface area contributed by atoms with E-state index in [1.807, 2.05) is 24.3 Å². The lowest BCUT2D eigenvalue weighted by atomic mass is 10.2. The number of nitrogens with one attached hydrogen (secondary N) is 1. The molecule has 0 saturated heterocycles. The van der Waals surface area contributed by atoms with Crippen LogP contribution in [0.15, 0.2) is 75.6 Å². The summed E-state index contributed by atoms with van der Waals surface area (Å²) in [5, 5.41) is 3.45. The van der Waals surface area contributed by atoms with E-state index in [1.165, 1.54) is 0 Å². The van der Waals surface area contributed by atoms with Gasteiger partial charge in [-0.25, -0.2) is 4.98 Å². The maximum absolute atomic E-state index is 12.3. The molecule has 4 aromatic rings. The van der Waals surface area contributed by atoms with Crippen LogP contribution in [0.2, 0.25) is 5.02 Å². The Kier molecular flexibility index (Phi) is 4.49. The number of carbonyl (C=O) groups is 1. The third-order valence-electron chi connectivity index (χ3n) is 3.82. The molecule has 0 aliphatic heterocycles. The number of halogens is 2. The van der Waals surface area contributed by atoms with Crippen molar-refractivity contribution in [1.29, 1.82) is 0 Å². The van der Waals surface area contributed by atoms with Crippen LogP contribution in [0.4, 0.5) is 5.69 Å². The van der Waals surface area contributed by atoms with Crippen LogP contribution in [0.1, 0.15) is 10.4 Å². The van der Waals surface area contributed by atoms with E-state index < -0.39 is 0 Å². The summed E-state index contributed by atoms with van der Waals surface area (Å²) < 4.78 is 6.76. The Bertz CT molecular complexity index is 1110. The van der Waals surface area contributed by atoms with E-state index >= 15 is 0 Å². The molecule has 0 atom stereocenters. The van der Waals surface area contributed by atoms with Gasteiger partial charge in [-0.05, 0) is 60.7 Å². The van der Waals surface area contributed by atoms with Crippen molar-refractivity contribution in [3.63, 3.8) is 0 Å². The van der Waals surface area contributed by atoms with Crippen LogP contribution in [0.3, 0.4) is 0 Å². The average molecular weight is 428 g/mol. The first-order valence-electron chi connectivity index (χ1n) is 7.82. The summed E-state index contributed by atoms with van der Waals surface area (Å²) in [6.07, 6.45) is 0. The van der Waals surface area contributed by atoms with Crippen LogP contribution in [-0.2, 0) is 0 Å². The second-order valence-electron chi connectivity index (χ2n) is 5.67. The average Bonchev–Trinajstić information content (AvgIpc) is 3.05. The van der Waals surface area contributed by atoms with E-state index in [2.05, 4.69) is 26.2 Å². The molecule has 0 saturated carbocycles. The first kappa shape index (κ1) is 16.8. The number of amides is 1. The van der Waals surface area contributed by atoms with Crippen molar-refractivity contribution < 1.29 is 9.21 Å². The standard InChI is InChI=1S/C20H12BrClN2O2/c21-14-3-1-2-13(10-14)20-24-17-11-16(8-9-18(17)26-20)23-19(25)12-4-6-15(22)7-5-12/h1-11H,(H,23,25). The molecule has 0 bridgehead atoms. The normalized spacial score (nSPS) is 10.8. The summed E-state index contributed by atoms with van der Waals surface area (Å²) in [4.78, 5) is 16.8. The lowest BCUT2D eigenvalue weighted by Gasteiger charge is -2.05. The summed E-state index contributed by atoms with van der Waals surface area (Å²) >= 11 is 9.29. The van der Waals surface area contributed by atoms with Gasteiger partial charge >= 0.3 is 0 Å². The first-order valence-corrected chi connectivity index (χ1v) is 8.99. The minimum atomic E-state index is -0.211. The van der Waals surface area contributed by atoms with Gasteiger partial charge in [0.05, 0.1) is 0 Å². The fraction of sp³-hybridized carbons (Fsp3) is 0. The topological polar surface area (TPSA) is 55.1 Å². The van der Waals surface area contributed by atoms with Gasteiger partial charge in [0, 0.05) is 26.3 Å². The molecule has 1 amide bonds. The molecule has 3 aromatic carbocycles. The van der Waals surface area contributed by atoms with Crippen molar-refractivity contribution in [2.24, 2.45) is 0 Å². The van der Waals surface area contributed by atoms with E-state index in [0.29, 0.717) is 33.3 Å². The SMILES string of the molecule is O=C(Nc1ccc2oc(-c3cccc(Br)c3)nc2c1)c1ccc(Cl)cc1. The van der Waals surface area contributed by atoms with E-state index in [1.54, 1.807) is 42.5 Å². The predicted octanol–water partition coefficient (Wildman–Crippen LogP) is 6.16. The molecule has 0 unspecified atom stereocenters. The van der Waals surface area contributed by atoms with Crippen LogP contribution in [0, 0.1) is 0 Å². The number of fused-ring (bicyclic) bond motifs is 1. The third kappa shape index (κ3) is 3.49. The number of hydrogen-bond donors (Lipinski definition) is 1. The fourth-order valence-electron chi connectivity index (χ4n) is 2.55. The summed E-state index contributed by atoms with van der Waals surface area (Å²) in [5.41, 5.74) is 3.39. The Hall–Kier alpha value is -2.63. The maximum Gasteiger partial charge on any atom is 0.255 e. The van der Waals surface area contributed by atoms with Crippen molar-refractivity contribution >= 4 is 50.2 Å². The second kappa shape index (κ2) is 6.94. The van der Waals surface area contributed by atoms with Gasteiger partial charge in [-0.1, -0.05) is 33.6 Å². The zero-order chi connectivity index (χ0) is 18.1. The van der Waals surface area contributed by atoms with Crippen LogP contribution in [-0.4, -0.2) is 10.9 Å². The number of aromatic nitrogens is 1. The summed E-state index contributed by atoms with van der Waals surface area (Å²) in [7, 11) is 0. The molecule has 0 aliphatic rings. The Balaban J connectivity index is 1.61. The predicted molar refractivity (Wildman–Crippen MR) is 107 cm³/mol. The fourth-order valence-corrected chi connectivity index (χ4v) is 3.08. The second-order valence-corrected chi connectivity index (χ2v) is 7.02. The number of carbonyl (C=O) groups excluding carboxylic acids is 1. The van der Waals surface area contributed by atoms with Crippen molar-refractivity contribution in [2.75, 3.05) is 5.32 Å². The molecule has 0 fully saturated rings. The number of anilines is 1. The Morgan fingerprint density at radius 3 is 2.62 bits per heavy atom. The summed E-state index contributed by atoms with van der Waals surface area (Å²) in [5.74, 6) is 0.319. The Morgan fingerprint density at radius 2 is 1.85 bits per heavy atom. The molecule has 1 aromatic heterocycles. The van der Waals surface area contributed by atoms with Gasteiger partial charge in [0.2, 0.25) is 5.89 Å². The lowest BCUT2D eigenvalue weighted by Crippen LogP contribution is -2.11. The maximum atomic E-state index is 12.3. The van der Waals surface area contributed by atoms with Crippen LogP contribution in [0.5, 0.6) is 0 Å². The zero-order valence-corrected chi connectivity index (χ0v) is 15.7. The largest absolute Gasteiger partial charge is 0.436 e. The lowest BCUT2D eigenvalue weighted by molar-refractivity contribution is 0.102. The Labute approximate surface area is 162 Å². The van der Waals surface area contributed by atoms with Crippen LogP contribution < -0.4 is 5.32 Å². The highest BCUT2D eigenvalue weighted by Crippen LogP contribution is 2.28. The monoisotopic (exact) mass is 426 g/mol. The van der Waals surface area contributed by atoms with Crippen molar-refractivity contribution in [3.8, 4) is 11.5 Å². The molecule has 0 aliphatic carbocycles. The number of nitrogens with zero attached hydrogens (tertiary/aromatic N) is 1. The van der Waals surface area contributed by atoms with E-state index in [4.69, 9.17) is 16.0 Å². The minimum Gasteiger partial charge on any atom is -0.436 e. The summed E-state index contributed by atoms with van der Waals surface area (Å²) in [6, 6.07) is 19.8. The highest BCUT2D eigenvalue weighted by Gasteiger charge is 2.11. The van der Waals surface area contributed by atoms with Crippen molar-refractivity contribution in [1.82, 2.24) is 4.98 Å². The van der Waals surface area contributed by atoms with Crippen molar-refractivity contribution in [3.05, 3.63) is 81.8 Å². The molecule has 0 radical (unpaired) electrons. The molecule has 4 rings (SSSR count). The number of benzene rings is 3. The zero-order valence-electron chi connectivity index (χ0n) is 13.4. The number of oxazole rings is 1. The van der Waals surface area contributed by atoms with Gasteiger partial charge in [-0.2, -0.15) is 0 Å². The van der Waals surface area contributed by atoms with E-state index in [9.17, 15) is 4.79 Å². The minimum absolute atomic E-state index is 0.211. The van der Waals surface area contributed by atoms with Crippen molar-refractivity contribution in [2.45, 2.75) is 0 Å². The van der Waals surface area contributed by atoms with Gasteiger partial charge in [-0.15, -0.1) is 0 Å². The Morgan fingerprint density at radius 1 is 1.04 bits per heavy atom. The molecular weight excluding hydrogens is 416 g/mol. The summed E-state index contributed by atoms with van der Waals surface area (Å²) in [6.45, 7) is 0. The molecule has 1 N–H and O–H groups in total. The molecular formula is C20H12BrClN2O2. The molecule has 1 heterocycles. The molecule has 0 spiro atoms. The molecule has 128 valence electrons. The first-order chi connectivity index (χ1) is 12.6. The molecule has 26 heavy (non-hydrogen) atoms. The molecule has 4 nitrogen and oxygen atoms in total. The van der Waals surface area contributed by atoms with E-state index in [-0.39, 0.29) is 5.91 Å². The van der Waals surface area contributed by atoms with Gasteiger partial charge in [0.15, 0.2) is 5.58 Å². The smallest absolute Gasteiger partial charge is 0.255 e. The third-order valence-corrected chi connectivity index (χ3v) is 4.57. The number of hydrogen-bond acceptors (Lipinski definition) is 3. The number of rotatable bonds is 3. The van der Waals surface area contributed by atoms with Gasteiger partial charge in [-0.3, -0.25) is 4.79 Å².